The van der Waals surface area contributed by atoms with Crippen LogP contribution in [0.5, 0.6) is 5.75 Å². The summed E-state index contributed by atoms with van der Waals surface area (Å²) >= 11 is 0. The zero-order chi connectivity index (χ0) is 15.8. The molecule has 0 aliphatic carbocycles. The molecule has 23 heavy (non-hydrogen) atoms. The third-order valence-corrected chi connectivity index (χ3v) is 4.33. The van der Waals surface area contributed by atoms with Gasteiger partial charge in [-0.25, -0.2) is 4.98 Å². The largest absolute Gasteiger partial charge is 0.488 e. The second-order valence-electron chi connectivity index (χ2n) is 6.11. The molecule has 5 nitrogen and oxygen atoms in total. The van der Waals surface area contributed by atoms with Crippen LogP contribution >= 0.6 is 0 Å². The summed E-state index contributed by atoms with van der Waals surface area (Å²) in [5, 5.41) is 9.01. The highest BCUT2D eigenvalue weighted by atomic mass is 16.5. The minimum Gasteiger partial charge on any atom is -0.488 e. The van der Waals surface area contributed by atoms with Crippen molar-refractivity contribution >= 4 is 11.0 Å². The zero-order valence-electron chi connectivity index (χ0n) is 13.4. The number of aromatic nitrogens is 3. The van der Waals surface area contributed by atoms with Gasteiger partial charge in [0.15, 0.2) is 5.65 Å². The average Bonchev–Trinajstić information content (AvgIpc) is 3.08. The number of ether oxygens (including phenoxy) is 1. The third-order valence-electron chi connectivity index (χ3n) is 4.33. The Morgan fingerprint density at radius 1 is 1.35 bits per heavy atom. The average molecular weight is 308 g/mol. The van der Waals surface area contributed by atoms with E-state index in [-0.39, 0.29) is 6.10 Å². The number of hydrogen-bond donors (Lipinski definition) is 1. The summed E-state index contributed by atoms with van der Waals surface area (Å²) in [6, 6.07) is 10.4. The molecule has 4 rings (SSSR count). The molecule has 1 unspecified atom stereocenters. The Bertz CT molecular complexity index is 830. The van der Waals surface area contributed by atoms with Gasteiger partial charge in [-0.15, -0.1) is 0 Å². The van der Waals surface area contributed by atoms with E-state index in [1.807, 2.05) is 37.0 Å². The van der Waals surface area contributed by atoms with Crippen molar-refractivity contribution in [1.82, 2.24) is 20.1 Å². The normalized spacial score (nSPS) is 16.5. The van der Waals surface area contributed by atoms with Gasteiger partial charge in [0.1, 0.15) is 11.9 Å². The summed E-state index contributed by atoms with van der Waals surface area (Å²) < 4.78 is 7.77. The highest BCUT2D eigenvalue weighted by Gasteiger charge is 2.21. The number of nitrogens with one attached hydrogen (secondary N) is 1. The van der Waals surface area contributed by atoms with E-state index in [2.05, 4.69) is 33.6 Å². The molecule has 0 radical (unpaired) electrons. The minimum absolute atomic E-state index is 0.212. The van der Waals surface area contributed by atoms with Gasteiger partial charge in [-0.3, -0.25) is 4.68 Å². The van der Waals surface area contributed by atoms with Crippen molar-refractivity contribution in [3.05, 3.63) is 53.3 Å². The Kier molecular flexibility index (Phi) is 3.50. The first-order valence-corrected chi connectivity index (χ1v) is 7.94. The maximum Gasteiger partial charge on any atom is 0.157 e. The lowest BCUT2D eigenvalue weighted by Gasteiger charge is -2.12. The van der Waals surface area contributed by atoms with Crippen LogP contribution in [0.25, 0.3) is 11.0 Å². The molecule has 5 heteroatoms. The Morgan fingerprint density at radius 3 is 3.09 bits per heavy atom. The zero-order valence-corrected chi connectivity index (χ0v) is 13.4. The third kappa shape index (κ3) is 2.68. The number of para-hydroxylation sites is 1. The van der Waals surface area contributed by atoms with Crippen LogP contribution < -0.4 is 10.1 Å². The molecular weight excluding hydrogens is 288 g/mol. The predicted octanol–water partition coefficient (Wildman–Crippen LogP) is 2.37. The monoisotopic (exact) mass is 308 g/mol. The maximum atomic E-state index is 5.95. The van der Waals surface area contributed by atoms with Crippen LogP contribution in [-0.4, -0.2) is 27.4 Å². The lowest BCUT2D eigenvalue weighted by Crippen LogP contribution is -2.29. The van der Waals surface area contributed by atoms with Gasteiger partial charge in [0, 0.05) is 38.1 Å². The molecule has 1 atom stereocenters. The molecule has 0 spiro atoms. The molecule has 1 aliphatic heterocycles. The summed E-state index contributed by atoms with van der Waals surface area (Å²) in [5.41, 5.74) is 4.42. The Hall–Kier alpha value is -2.40. The standard InChI is InChI=1S/C18H20N4O/c1-12-16-7-13(10-20-18(16)22(2)21-12)9-19-11-15-8-14-5-3-4-6-17(14)23-15/h3-7,10,15,19H,8-9,11H2,1-2H3. The Balaban J connectivity index is 1.38. The first-order chi connectivity index (χ1) is 11.2. The van der Waals surface area contributed by atoms with E-state index in [1.54, 1.807) is 0 Å². The molecule has 1 aromatic carbocycles. The fourth-order valence-corrected chi connectivity index (χ4v) is 3.19. The molecule has 0 saturated heterocycles. The molecule has 118 valence electrons. The van der Waals surface area contributed by atoms with E-state index in [0.29, 0.717) is 0 Å². The molecule has 3 aromatic rings. The summed E-state index contributed by atoms with van der Waals surface area (Å²) in [4.78, 5) is 4.51. The van der Waals surface area contributed by atoms with Crippen LogP contribution in [0.1, 0.15) is 16.8 Å². The van der Waals surface area contributed by atoms with Crippen LogP contribution in [0.2, 0.25) is 0 Å². The van der Waals surface area contributed by atoms with Crippen LogP contribution in [0.15, 0.2) is 36.5 Å². The topological polar surface area (TPSA) is 52.0 Å². The van der Waals surface area contributed by atoms with Crippen molar-refractivity contribution in [2.75, 3.05) is 6.54 Å². The van der Waals surface area contributed by atoms with Crippen molar-refractivity contribution in [1.29, 1.82) is 0 Å². The predicted molar refractivity (Wildman–Crippen MR) is 89.5 cm³/mol. The van der Waals surface area contributed by atoms with Crippen molar-refractivity contribution < 1.29 is 4.74 Å². The summed E-state index contributed by atoms with van der Waals surface area (Å²) in [6.45, 7) is 3.64. The number of rotatable bonds is 4. The van der Waals surface area contributed by atoms with Gasteiger partial charge >= 0.3 is 0 Å². The second kappa shape index (κ2) is 5.66. The fourth-order valence-electron chi connectivity index (χ4n) is 3.19. The van der Waals surface area contributed by atoms with E-state index in [4.69, 9.17) is 4.74 Å². The molecule has 1 N–H and O–H groups in total. The van der Waals surface area contributed by atoms with Crippen LogP contribution in [0.4, 0.5) is 0 Å². The number of pyridine rings is 1. The van der Waals surface area contributed by atoms with Crippen molar-refractivity contribution in [3.63, 3.8) is 0 Å². The molecule has 0 fully saturated rings. The maximum absolute atomic E-state index is 5.95. The van der Waals surface area contributed by atoms with Gasteiger partial charge in [0.05, 0.1) is 5.69 Å². The Labute approximate surface area is 135 Å². The first-order valence-electron chi connectivity index (χ1n) is 7.94. The van der Waals surface area contributed by atoms with Gasteiger partial charge in [-0.2, -0.15) is 5.10 Å². The van der Waals surface area contributed by atoms with Crippen LogP contribution in [0, 0.1) is 6.92 Å². The highest BCUT2D eigenvalue weighted by Crippen LogP contribution is 2.27. The summed E-state index contributed by atoms with van der Waals surface area (Å²) in [6.07, 6.45) is 3.10. The lowest BCUT2D eigenvalue weighted by atomic mass is 10.1. The number of benzene rings is 1. The minimum atomic E-state index is 0.212. The quantitative estimate of drug-likeness (QED) is 0.804. The van der Waals surface area contributed by atoms with E-state index >= 15 is 0 Å². The van der Waals surface area contributed by atoms with E-state index < -0.39 is 0 Å². The number of hydrogen-bond acceptors (Lipinski definition) is 4. The van der Waals surface area contributed by atoms with Crippen molar-refractivity contribution in [2.45, 2.75) is 26.0 Å². The molecule has 2 aromatic heterocycles. The van der Waals surface area contributed by atoms with E-state index in [0.717, 1.165) is 42.0 Å². The van der Waals surface area contributed by atoms with Gasteiger partial charge in [0.25, 0.3) is 0 Å². The van der Waals surface area contributed by atoms with Crippen molar-refractivity contribution in [3.8, 4) is 5.75 Å². The molecule has 0 saturated carbocycles. The fraction of sp³-hybridized carbons (Fsp3) is 0.333. The van der Waals surface area contributed by atoms with E-state index in [1.165, 1.54) is 11.1 Å². The Morgan fingerprint density at radius 2 is 2.22 bits per heavy atom. The van der Waals surface area contributed by atoms with Gasteiger partial charge in [-0.05, 0) is 30.2 Å². The summed E-state index contributed by atoms with van der Waals surface area (Å²) in [5.74, 6) is 1.02. The SMILES string of the molecule is Cc1nn(C)c2ncc(CNCC3Cc4ccccc4O3)cc12. The highest BCUT2D eigenvalue weighted by molar-refractivity contribution is 5.78. The molecule has 0 bridgehead atoms. The van der Waals surface area contributed by atoms with Gasteiger partial charge in [-0.1, -0.05) is 18.2 Å². The van der Waals surface area contributed by atoms with Crippen LogP contribution in [0.3, 0.4) is 0 Å². The lowest BCUT2D eigenvalue weighted by molar-refractivity contribution is 0.227. The van der Waals surface area contributed by atoms with Crippen molar-refractivity contribution in [2.24, 2.45) is 7.05 Å². The second-order valence-corrected chi connectivity index (χ2v) is 6.11. The summed E-state index contributed by atoms with van der Waals surface area (Å²) in [7, 11) is 1.93. The molecule has 0 amide bonds. The molecule has 1 aliphatic rings. The first kappa shape index (κ1) is 14.2. The van der Waals surface area contributed by atoms with Gasteiger partial charge in [0.2, 0.25) is 0 Å². The smallest absolute Gasteiger partial charge is 0.157 e. The van der Waals surface area contributed by atoms with Crippen LogP contribution in [-0.2, 0) is 20.0 Å². The van der Waals surface area contributed by atoms with Gasteiger partial charge < -0.3 is 10.1 Å². The number of nitrogens with zero attached hydrogens (tertiary/aromatic N) is 3. The number of aryl methyl sites for hydroxylation is 2. The molecular formula is C18H20N4O. The number of fused-ring (bicyclic) bond motifs is 2. The molecule has 3 heterocycles. The van der Waals surface area contributed by atoms with E-state index in [9.17, 15) is 0 Å².